The highest BCUT2D eigenvalue weighted by Crippen LogP contribution is 2.40. The number of aromatic nitrogens is 1. The van der Waals surface area contributed by atoms with Crippen molar-refractivity contribution in [1.29, 1.82) is 0 Å². The second-order valence-corrected chi connectivity index (χ2v) is 8.64. The van der Waals surface area contributed by atoms with Crippen LogP contribution < -0.4 is 0 Å². The second kappa shape index (κ2) is 7.54. The Balaban J connectivity index is 1.86. The van der Waals surface area contributed by atoms with Gasteiger partial charge >= 0.3 is 6.09 Å². The first-order valence-corrected chi connectivity index (χ1v) is 9.66. The molecular weight excluding hydrogens is 450 g/mol. The minimum atomic E-state index is -0.541. The molecule has 2 unspecified atom stereocenters. The molecule has 0 bridgehead atoms. The SMILES string of the molecule is CC(C)(C)OC(=O)N1CCC(c2cc(I)no2)C(c2ccc(F)cc2)C1. The van der Waals surface area contributed by atoms with Gasteiger partial charge in [-0.25, -0.2) is 9.18 Å². The topological polar surface area (TPSA) is 55.6 Å². The summed E-state index contributed by atoms with van der Waals surface area (Å²) in [5, 5.41) is 3.98. The Kier molecular flexibility index (Phi) is 5.55. The summed E-state index contributed by atoms with van der Waals surface area (Å²) in [6.07, 6.45) is 0.405. The van der Waals surface area contributed by atoms with E-state index >= 15 is 0 Å². The van der Waals surface area contributed by atoms with Crippen LogP contribution in [0.2, 0.25) is 0 Å². The summed E-state index contributed by atoms with van der Waals surface area (Å²) in [5.74, 6) is 0.586. The zero-order chi connectivity index (χ0) is 18.9. The average Bonchev–Trinajstić information content (AvgIpc) is 3.00. The Morgan fingerprint density at radius 2 is 2.00 bits per heavy atom. The van der Waals surface area contributed by atoms with Crippen molar-refractivity contribution < 1.29 is 18.4 Å². The summed E-state index contributed by atoms with van der Waals surface area (Å²) in [6, 6.07) is 8.36. The fourth-order valence-corrected chi connectivity index (χ4v) is 3.68. The van der Waals surface area contributed by atoms with Crippen molar-refractivity contribution in [3.63, 3.8) is 0 Å². The molecule has 1 aliphatic heterocycles. The summed E-state index contributed by atoms with van der Waals surface area (Å²) in [6.45, 7) is 6.62. The average molecular weight is 472 g/mol. The van der Waals surface area contributed by atoms with E-state index in [0.717, 1.165) is 21.4 Å². The second-order valence-electron chi connectivity index (χ2n) is 7.53. The molecule has 1 fully saturated rings. The Bertz CT molecular complexity index is 770. The summed E-state index contributed by atoms with van der Waals surface area (Å²) in [4.78, 5) is 14.2. The molecule has 1 saturated heterocycles. The summed E-state index contributed by atoms with van der Waals surface area (Å²) in [5.41, 5.74) is 0.427. The minimum Gasteiger partial charge on any atom is -0.444 e. The van der Waals surface area contributed by atoms with Gasteiger partial charge in [0, 0.05) is 31.0 Å². The van der Waals surface area contributed by atoms with Crippen molar-refractivity contribution in [2.75, 3.05) is 13.1 Å². The third-order valence-corrected chi connectivity index (χ3v) is 4.94. The summed E-state index contributed by atoms with van der Waals surface area (Å²) in [7, 11) is 0. The number of likely N-dealkylation sites (tertiary alicyclic amines) is 1. The number of carbonyl (C=O) groups is 1. The highest BCUT2D eigenvalue weighted by molar-refractivity contribution is 14.1. The molecule has 1 aromatic carbocycles. The number of ether oxygens (including phenoxy) is 1. The zero-order valence-corrected chi connectivity index (χ0v) is 17.2. The highest BCUT2D eigenvalue weighted by Gasteiger charge is 2.37. The predicted molar refractivity (Wildman–Crippen MR) is 104 cm³/mol. The molecule has 26 heavy (non-hydrogen) atoms. The molecule has 2 aromatic rings. The molecule has 0 radical (unpaired) electrons. The van der Waals surface area contributed by atoms with E-state index in [1.54, 1.807) is 17.0 Å². The van der Waals surface area contributed by atoms with E-state index in [0.29, 0.717) is 13.1 Å². The van der Waals surface area contributed by atoms with Gasteiger partial charge in [-0.1, -0.05) is 17.3 Å². The van der Waals surface area contributed by atoms with Crippen molar-refractivity contribution in [1.82, 2.24) is 10.1 Å². The highest BCUT2D eigenvalue weighted by atomic mass is 127. The number of benzene rings is 1. The fraction of sp³-hybridized carbons (Fsp3) is 0.474. The van der Waals surface area contributed by atoms with E-state index < -0.39 is 5.60 Å². The maximum Gasteiger partial charge on any atom is 0.410 e. The smallest absolute Gasteiger partial charge is 0.410 e. The van der Waals surface area contributed by atoms with Crippen LogP contribution in [0.4, 0.5) is 9.18 Å². The number of hydrogen-bond donors (Lipinski definition) is 0. The number of carbonyl (C=O) groups excluding carboxylic acids is 1. The van der Waals surface area contributed by atoms with Gasteiger partial charge in [-0.05, 0) is 67.5 Å². The Morgan fingerprint density at radius 1 is 1.31 bits per heavy atom. The first kappa shape index (κ1) is 19.1. The fourth-order valence-electron chi connectivity index (χ4n) is 3.27. The lowest BCUT2D eigenvalue weighted by molar-refractivity contribution is 0.0176. The van der Waals surface area contributed by atoms with Crippen LogP contribution in [-0.2, 0) is 4.74 Å². The molecule has 2 heterocycles. The Labute approximate surface area is 166 Å². The van der Waals surface area contributed by atoms with Gasteiger partial charge in [0.05, 0.1) is 0 Å². The minimum absolute atomic E-state index is 0.0133. The lowest BCUT2D eigenvalue weighted by Crippen LogP contribution is -2.44. The standard InChI is InChI=1S/C19H22FIN2O3/c1-19(2,3)25-18(24)23-9-8-14(16-10-17(21)22-26-16)15(11-23)12-4-6-13(20)7-5-12/h4-7,10,14-15H,8-9,11H2,1-3H3. The molecule has 0 saturated carbocycles. The number of amides is 1. The van der Waals surface area contributed by atoms with Crippen molar-refractivity contribution >= 4 is 28.7 Å². The van der Waals surface area contributed by atoms with Crippen LogP contribution in [0.1, 0.15) is 50.4 Å². The van der Waals surface area contributed by atoms with E-state index in [9.17, 15) is 9.18 Å². The lowest BCUT2D eigenvalue weighted by atomic mass is 9.79. The molecule has 0 spiro atoms. The van der Waals surface area contributed by atoms with Crippen molar-refractivity contribution in [3.8, 4) is 0 Å². The number of rotatable bonds is 2. The third kappa shape index (κ3) is 4.55. The maximum absolute atomic E-state index is 13.4. The van der Waals surface area contributed by atoms with Gasteiger partial charge in [-0.2, -0.15) is 0 Å². The van der Waals surface area contributed by atoms with Gasteiger partial charge in [0.1, 0.15) is 20.9 Å². The summed E-state index contributed by atoms with van der Waals surface area (Å²) >= 11 is 2.11. The van der Waals surface area contributed by atoms with Crippen molar-refractivity contribution in [2.24, 2.45) is 0 Å². The van der Waals surface area contributed by atoms with Crippen LogP contribution >= 0.6 is 22.6 Å². The van der Waals surface area contributed by atoms with Gasteiger partial charge < -0.3 is 14.2 Å². The Morgan fingerprint density at radius 3 is 2.58 bits per heavy atom. The molecule has 5 nitrogen and oxygen atoms in total. The predicted octanol–water partition coefficient (Wildman–Crippen LogP) is 4.93. The molecule has 1 aliphatic rings. The maximum atomic E-state index is 13.4. The first-order chi connectivity index (χ1) is 12.2. The van der Waals surface area contributed by atoms with Crippen molar-refractivity contribution in [2.45, 2.75) is 44.6 Å². The zero-order valence-electron chi connectivity index (χ0n) is 15.0. The monoisotopic (exact) mass is 472 g/mol. The lowest BCUT2D eigenvalue weighted by Gasteiger charge is -2.38. The van der Waals surface area contributed by atoms with Crippen LogP contribution in [0, 0.1) is 9.52 Å². The van der Waals surface area contributed by atoms with Gasteiger partial charge in [0.25, 0.3) is 0 Å². The molecule has 2 atom stereocenters. The van der Waals surface area contributed by atoms with Crippen LogP contribution in [0.15, 0.2) is 34.9 Å². The summed E-state index contributed by atoms with van der Waals surface area (Å²) < 4.78 is 25.2. The molecule has 0 aliphatic carbocycles. The van der Waals surface area contributed by atoms with E-state index in [1.165, 1.54) is 12.1 Å². The quantitative estimate of drug-likeness (QED) is 0.582. The van der Waals surface area contributed by atoms with Gasteiger partial charge in [-0.15, -0.1) is 0 Å². The first-order valence-electron chi connectivity index (χ1n) is 8.58. The molecule has 1 aromatic heterocycles. The van der Waals surface area contributed by atoms with E-state index in [2.05, 4.69) is 27.7 Å². The van der Waals surface area contributed by atoms with Crippen LogP contribution in [0.5, 0.6) is 0 Å². The number of nitrogens with zero attached hydrogens (tertiary/aromatic N) is 2. The van der Waals surface area contributed by atoms with Gasteiger partial charge in [0.2, 0.25) is 0 Å². The van der Waals surface area contributed by atoms with E-state index in [-0.39, 0.29) is 23.7 Å². The largest absolute Gasteiger partial charge is 0.444 e. The molecule has 1 amide bonds. The van der Waals surface area contributed by atoms with E-state index in [4.69, 9.17) is 9.26 Å². The van der Waals surface area contributed by atoms with Crippen molar-refractivity contribution in [3.05, 3.63) is 51.2 Å². The number of halogens is 2. The Hall–Kier alpha value is -1.64. The molecule has 0 N–H and O–H groups in total. The van der Waals surface area contributed by atoms with Gasteiger partial charge in [-0.3, -0.25) is 0 Å². The van der Waals surface area contributed by atoms with Crippen LogP contribution in [0.3, 0.4) is 0 Å². The molecule has 140 valence electrons. The third-order valence-electron chi connectivity index (χ3n) is 4.43. The molecular formula is C19H22FIN2O3. The molecule has 7 heteroatoms. The van der Waals surface area contributed by atoms with Crippen LogP contribution in [-0.4, -0.2) is 34.8 Å². The number of hydrogen-bond acceptors (Lipinski definition) is 4. The number of piperidine rings is 1. The van der Waals surface area contributed by atoms with Crippen LogP contribution in [0.25, 0.3) is 0 Å². The molecule has 3 rings (SSSR count). The van der Waals surface area contributed by atoms with E-state index in [1.807, 2.05) is 26.8 Å². The normalized spacial score (nSPS) is 20.9. The van der Waals surface area contributed by atoms with Gasteiger partial charge in [0.15, 0.2) is 0 Å².